The minimum Gasteiger partial charge on any atom is -0.486 e. The van der Waals surface area contributed by atoms with E-state index in [4.69, 9.17) is 27.9 Å². The van der Waals surface area contributed by atoms with Gasteiger partial charge in [0, 0.05) is 16.7 Å². The molecule has 0 unspecified atom stereocenters. The third kappa shape index (κ3) is 4.42. The third-order valence-electron chi connectivity index (χ3n) is 3.08. The SMILES string of the molecule is C=CCOc1c(Cl)cc(CNc2ccc(Br)cc2C)cc1Cl. The van der Waals surface area contributed by atoms with Gasteiger partial charge in [-0.2, -0.15) is 0 Å². The summed E-state index contributed by atoms with van der Waals surface area (Å²) >= 11 is 15.9. The Morgan fingerprint density at radius 1 is 1.23 bits per heavy atom. The predicted molar refractivity (Wildman–Crippen MR) is 98.4 cm³/mol. The molecule has 2 aromatic carbocycles. The molecule has 0 aromatic heterocycles. The summed E-state index contributed by atoms with van der Waals surface area (Å²) in [4.78, 5) is 0. The molecule has 0 bridgehead atoms. The molecule has 5 heteroatoms. The van der Waals surface area contributed by atoms with Crippen molar-refractivity contribution in [2.24, 2.45) is 0 Å². The highest BCUT2D eigenvalue weighted by atomic mass is 79.9. The lowest BCUT2D eigenvalue weighted by molar-refractivity contribution is 0.363. The minimum absolute atomic E-state index is 0.370. The van der Waals surface area contributed by atoms with Crippen molar-refractivity contribution < 1.29 is 4.74 Å². The molecule has 0 aliphatic carbocycles. The van der Waals surface area contributed by atoms with Crippen molar-refractivity contribution in [2.75, 3.05) is 11.9 Å². The molecule has 0 spiro atoms. The lowest BCUT2D eigenvalue weighted by Gasteiger charge is -2.13. The first-order valence-corrected chi connectivity index (χ1v) is 8.28. The number of nitrogens with one attached hydrogen (secondary N) is 1. The van der Waals surface area contributed by atoms with Crippen LogP contribution >= 0.6 is 39.1 Å². The molecule has 0 aliphatic heterocycles. The van der Waals surface area contributed by atoms with Crippen LogP contribution in [-0.2, 0) is 6.54 Å². The Morgan fingerprint density at radius 3 is 2.50 bits per heavy atom. The van der Waals surface area contributed by atoms with Crippen LogP contribution in [0, 0.1) is 6.92 Å². The summed E-state index contributed by atoms with van der Waals surface area (Å²) in [5, 5.41) is 4.38. The van der Waals surface area contributed by atoms with E-state index in [1.54, 1.807) is 6.08 Å². The van der Waals surface area contributed by atoms with Crippen molar-refractivity contribution in [1.29, 1.82) is 0 Å². The number of aryl methyl sites for hydroxylation is 1. The zero-order valence-electron chi connectivity index (χ0n) is 12.1. The molecule has 2 nitrogen and oxygen atoms in total. The van der Waals surface area contributed by atoms with Crippen LogP contribution in [0.2, 0.25) is 10.0 Å². The van der Waals surface area contributed by atoms with Gasteiger partial charge in [0.1, 0.15) is 6.61 Å². The number of anilines is 1. The maximum absolute atomic E-state index is 6.23. The molecule has 0 saturated carbocycles. The van der Waals surface area contributed by atoms with Crippen molar-refractivity contribution in [2.45, 2.75) is 13.5 Å². The van der Waals surface area contributed by atoms with Crippen LogP contribution in [-0.4, -0.2) is 6.61 Å². The lowest BCUT2D eigenvalue weighted by Crippen LogP contribution is -2.02. The summed E-state index contributed by atoms with van der Waals surface area (Å²) in [7, 11) is 0. The van der Waals surface area contributed by atoms with Gasteiger partial charge in [-0.3, -0.25) is 0 Å². The molecule has 0 atom stereocenters. The molecular formula is C17H16BrCl2NO. The van der Waals surface area contributed by atoms with E-state index in [1.165, 1.54) is 0 Å². The number of ether oxygens (including phenoxy) is 1. The Kier molecular flexibility index (Phi) is 6.18. The molecule has 0 amide bonds. The maximum atomic E-state index is 6.23. The summed E-state index contributed by atoms with van der Waals surface area (Å²) in [6.07, 6.45) is 1.65. The van der Waals surface area contributed by atoms with E-state index in [-0.39, 0.29) is 0 Å². The standard InChI is InChI=1S/C17H16BrCl2NO/c1-3-6-22-17-14(19)8-12(9-15(17)20)10-21-16-5-4-13(18)7-11(16)2/h3-5,7-9,21H,1,6,10H2,2H3. The quantitative estimate of drug-likeness (QED) is 0.579. The summed E-state index contributed by atoms with van der Waals surface area (Å²) in [5.41, 5.74) is 3.23. The van der Waals surface area contributed by atoms with Gasteiger partial charge in [0.05, 0.1) is 10.0 Å². The Labute approximate surface area is 149 Å². The van der Waals surface area contributed by atoms with E-state index in [9.17, 15) is 0 Å². The van der Waals surface area contributed by atoms with Crippen molar-refractivity contribution in [3.63, 3.8) is 0 Å². The Bertz CT molecular complexity index is 665. The van der Waals surface area contributed by atoms with Crippen LogP contribution in [0.5, 0.6) is 5.75 Å². The van der Waals surface area contributed by atoms with Gasteiger partial charge in [0.25, 0.3) is 0 Å². The smallest absolute Gasteiger partial charge is 0.156 e. The average Bonchev–Trinajstić information content (AvgIpc) is 2.45. The molecule has 0 aliphatic rings. The van der Waals surface area contributed by atoms with Gasteiger partial charge in [-0.25, -0.2) is 0 Å². The fourth-order valence-electron chi connectivity index (χ4n) is 2.02. The summed E-state index contributed by atoms with van der Waals surface area (Å²) in [5.74, 6) is 0.492. The first-order chi connectivity index (χ1) is 10.5. The van der Waals surface area contributed by atoms with Crippen LogP contribution in [0.1, 0.15) is 11.1 Å². The number of hydrogen-bond acceptors (Lipinski definition) is 2. The molecule has 2 rings (SSSR count). The molecule has 0 heterocycles. The zero-order valence-corrected chi connectivity index (χ0v) is 15.2. The van der Waals surface area contributed by atoms with Gasteiger partial charge in [-0.15, -0.1) is 0 Å². The fraction of sp³-hybridized carbons (Fsp3) is 0.176. The van der Waals surface area contributed by atoms with Crippen molar-refractivity contribution in [3.05, 3.63) is 68.6 Å². The highest BCUT2D eigenvalue weighted by molar-refractivity contribution is 9.10. The van der Waals surface area contributed by atoms with E-state index in [0.29, 0.717) is 28.9 Å². The van der Waals surface area contributed by atoms with E-state index in [0.717, 1.165) is 21.3 Å². The Morgan fingerprint density at radius 2 is 1.91 bits per heavy atom. The average molecular weight is 401 g/mol. The van der Waals surface area contributed by atoms with Crippen LogP contribution in [0.3, 0.4) is 0 Å². The van der Waals surface area contributed by atoms with Crippen molar-refractivity contribution in [1.82, 2.24) is 0 Å². The number of benzene rings is 2. The van der Waals surface area contributed by atoms with Crippen LogP contribution in [0.4, 0.5) is 5.69 Å². The van der Waals surface area contributed by atoms with Crippen LogP contribution in [0.15, 0.2) is 47.5 Å². The third-order valence-corrected chi connectivity index (χ3v) is 4.13. The largest absolute Gasteiger partial charge is 0.486 e. The first-order valence-electron chi connectivity index (χ1n) is 6.73. The fourth-order valence-corrected chi connectivity index (χ4v) is 3.13. The minimum atomic E-state index is 0.370. The second kappa shape index (κ2) is 7.91. The second-order valence-corrected chi connectivity index (χ2v) is 6.53. The zero-order chi connectivity index (χ0) is 16.1. The molecule has 116 valence electrons. The van der Waals surface area contributed by atoms with Gasteiger partial charge in [0.15, 0.2) is 5.75 Å². The molecule has 1 N–H and O–H groups in total. The van der Waals surface area contributed by atoms with Crippen LogP contribution in [0.25, 0.3) is 0 Å². The molecule has 22 heavy (non-hydrogen) atoms. The monoisotopic (exact) mass is 399 g/mol. The normalized spacial score (nSPS) is 10.4. The maximum Gasteiger partial charge on any atom is 0.156 e. The number of halogens is 3. The van der Waals surface area contributed by atoms with Gasteiger partial charge in [0.2, 0.25) is 0 Å². The summed E-state index contributed by atoms with van der Waals surface area (Å²) in [6, 6.07) is 9.81. The Balaban J connectivity index is 2.11. The molecule has 0 radical (unpaired) electrons. The highest BCUT2D eigenvalue weighted by Crippen LogP contribution is 2.34. The lowest BCUT2D eigenvalue weighted by atomic mass is 10.1. The van der Waals surface area contributed by atoms with Gasteiger partial charge in [-0.1, -0.05) is 51.8 Å². The first kappa shape index (κ1) is 17.2. The topological polar surface area (TPSA) is 21.3 Å². The predicted octanol–water partition coefficient (Wildman–Crippen LogP) is 6.24. The van der Waals surface area contributed by atoms with Crippen molar-refractivity contribution >= 4 is 44.8 Å². The molecule has 0 saturated heterocycles. The van der Waals surface area contributed by atoms with Crippen molar-refractivity contribution in [3.8, 4) is 5.75 Å². The van der Waals surface area contributed by atoms with E-state index < -0.39 is 0 Å². The summed E-state index contributed by atoms with van der Waals surface area (Å²) in [6.45, 7) is 6.66. The molecule has 2 aromatic rings. The number of rotatable bonds is 6. The number of hydrogen-bond donors (Lipinski definition) is 1. The van der Waals surface area contributed by atoms with E-state index in [2.05, 4.69) is 40.8 Å². The van der Waals surface area contributed by atoms with Gasteiger partial charge >= 0.3 is 0 Å². The van der Waals surface area contributed by atoms with E-state index >= 15 is 0 Å². The second-order valence-electron chi connectivity index (χ2n) is 4.80. The van der Waals surface area contributed by atoms with E-state index in [1.807, 2.05) is 24.3 Å². The van der Waals surface area contributed by atoms with Crippen LogP contribution < -0.4 is 10.1 Å². The highest BCUT2D eigenvalue weighted by Gasteiger charge is 2.09. The Hall–Kier alpha value is -1.16. The van der Waals surface area contributed by atoms with Gasteiger partial charge in [-0.05, 0) is 48.4 Å². The molecule has 0 fully saturated rings. The van der Waals surface area contributed by atoms with Gasteiger partial charge < -0.3 is 10.1 Å². The molecular weight excluding hydrogens is 385 g/mol. The summed E-state index contributed by atoms with van der Waals surface area (Å²) < 4.78 is 6.52.